The molecule has 4 heterocycles. The molecule has 2 saturated heterocycles. The van der Waals surface area contributed by atoms with E-state index in [1.165, 1.54) is 15.1 Å². The Morgan fingerprint density at radius 2 is 2.00 bits per heavy atom. The first-order valence-corrected chi connectivity index (χ1v) is 16.1. The van der Waals surface area contributed by atoms with Crippen LogP contribution in [0.3, 0.4) is 0 Å². The molecule has 4 atom stereocenters. The Kier molecular flexibility index (Phi) is 7.26. The number of hydrogen-bond donors (Lipinski definition) is 1. The third kappa shape index (κ3) is 5.77. The average Bonchev–Trinajstić information content (AvgIpc) is 3.23. The molecule has 2 bridgehead atoms. The zero-order valence-electron chi connectivity index (χ0n) is 19.3. The molecule has 2 aliphatic rings. The third-order valence-corrected chi connectivity index (χ3v) is 10.9. The normalized spacial score (nSPS) is 23.9. The van der Waals surface area contributed by atoms with Crippen LogP contribution in [0.15, 0.2) is 53.5 Å². The molecule has 190 valence electrons. The van der Waals surface area contributed by atoms with E-state index in [-0.39, 0.29) is 52.0 Å². The van der Waals surface area contributed by atoms with Crippen LogP contribution in [0.5, 0.6) is 0 Å². The number of fused-ring (bicyclic) bond motifs is 3. The molecule has 2 fully saturated rings. The van der Waals surface area contributed by atoms with E-state index in [0.29, 0.717) is 27.8 Å². The second kappa shape index (κ2) is 10.2. The van der Waals surface area contributed by atoms with Gasteiger partial charge >= 0.3 is 214 Å². The Bertz CT molecular complexity index is 1350. The van der Waals surface area contributed by atoms with E-state index in [1.807, 2.05) is 6.07 Å². The quantitative estimate of drug-likeness (QED) is 0.170. The summed E-state index contributed by atoms with van der Waals surface area (Å²) in [6, 6.07) is 11.8. The van der Waals surface area contributed by atoms with Crippen LogP contribution >= 0.6 is 0 Å². The Labute approximate surface area is 213 Å². The van der Waals surface area contributed by atoms with Crippen molar-refractivity contribution < 1.29 is 38.8 Å². The fourth-order valence-electron chi connectivity index (χ4n) is 4.83. The molecule has 0 aliphatic carbocycles. The predicted octanol–water partition coefficient (Wildman–Crippen LogP) is -1.97. The van der Waals surface area contributed by atoms with Gasteiger partial charge in [-0.25, -0.2) is 0 Å². The first-order chi connectivity index (χ1) is 16.8. The van der Waals surface area contributed by atoms with Gasteiger partial charge in [-0.15, -0.1) is 0 Å². The van der Waals surface area contributed by atoms with Crippen molar-refractivity contribution in [3.05, 3.63) is 70.5 Å². The first kappa shape index (κ1) is 24.8. The molecule has 0 saturated carbocycles. The molecule has 3 aromatic rings. The van der Waals surface area contributed by atoms with Crippen LogP contribution in [0, 0.1) is 5.82 Å². The van der Waals surface area contributed by atoms with Gasteiger partial charge < -0.3 is 0 Å². The number of alkyl halides is 2. The van der Waals surface area contributed by atoms with E-state index in [4.69, 9.17) is 4.74 Å². The molecule has 12 heteroatoms. The van der Waals surface area contributed by atoms with Crippen LogP contribution in [-0.4, -0.2) is 67.0 Å². The maximum absolute atomic E-state index is 14.0. The number of rotatable bonds is 9. The Hall–Kier alpha value is -1.87. The monoisotopic (exact) mass is 616 g/mol. The second-order valence-electron chi connectivity index (χ2n) is 9.07. The first-order valence-electron chi connectivity index (χ1n) is 11.5. The van der Waals surface area contributed by atoms with Crippen LogP contribution < -0.4 is 31.6 Å². The molecular formula is C23H28FIN5O4S-. The molecule has 35 heavy (non-hydrogen) atoms. The SMILES string of the molecule is CS(=O)(=O)NC(CN1C2C[I-]C1CC(OCc1ccccc1F)C2)Cn1nc2ccccn2c1=O. The van der Waals surface area contributed by atoms with Crippen molar-refractivity contribution in [2.45, 2.75) is 48.2 Å². The van der Waals surface area contributed by atoms with Gasteiger partial charge in [-0.2, -0.15) is 0 Å². The molecule has 9 nitrogen and oxygen atoms in total. The van der Waals surface area contributed by atoms with Crippen molar-refractivity contribution in [1.82, 2.24) is 23.8 Å². The summed E-state index contributed by atoms with van der Waals surface area (Å²) in [5.41, 5.74) is 0.790. The summed E-state index contributed by atoms with van der Waals surface area (Å²) in [7, 11) is -3.48. The van der Waals surface area contributed by atoms with E-state index in [1.54, 1.807) is 36.5 Å². The number of hydrogen-bond acceptors (Lipinski definition) is 6. The standard InChI is InChI=1S/C23H28FIN5O4S/c1-35(32,33)27-17(14-30-23(31)28-9-5-4-8-22(28)26-30)13-29-18-10-19(11-21(29)25-12-18)34-15-16-6-2-3-7-20(16)24/h2-9,17-19,21,27H,10-15H2,1H3/q-1. The van der Waals surface area contributed by atoms with E-state index < -0.39 is 16.1 Å². The zero-order chi connectivity index (χ0) is 24.6. The van der Waals surface area contributed by atoms with E-state index >= 15 is 0 Å². The van der Waals surface area contributed by atoms with Crippen LogP contribution in [0.2, 0.25) is 0 Å². The summed E-state index contributed by atoms with van der Waals surface area (Å²) < 4.78 is 51.3. The Morgan fingerprint density at radius 3 is 2.74 bits per heavy atom. The number of pyridine rings is 1. The number of aromatic nitrogens is 3. The van der Waals surface area contributed by atoms with Gasteiger partial charge in [0.2, 0.25) is 0 Å². The third-order valence-electron chi connectivity index (χ3n) is 6.39. The molecule has 2 aliphatic heterocycles. The zero-order valence-corrected chi connectivity index (χ0v) is 22.2. The van der Waals surface area contributed by atoms with Gasteiger partial charge in [-0.1, -0.05) is 0 Å². The van der Waals surface area contributed by atoms with Crippen molar-refractivity contribution in [2.24, 2.45) is 0 Å². The number of nitrogens with one attached hydrogen (secondary N) is 1. The number of halogens is 2. The molecule has 1 aromatic carbocycles. The minimum absolute atomic E-state index is 0.0606. The van der Waals surface area contributed by atoms with Crippen molar-refractivity contribution in [3.8, 4) is 0 Å². The van der Waals surface area contributed by atoms with E-state index in [9.17, 15) is 17.6 Å². The number of piperidine rings is 1. The maximum atomic E-state index is 14.0. The van der Waals surface area contributed by atoms with Crippen molar-refractivity contribution in [2.75, 3.05) is 17.2 Å². The molecule has 1 N–H and O–H groups in total. The molecule has 0 amide bonds. The van der Waals surface area contributed by atoms with Gasteiger partial charge in [0.05, 0.1) is 0 Å². The molecule has 4 unspecified atom stereocenters. The Morgan fingerprint density at radius 1 is 1.20 bits per heavy atom. The summed E-state index contributed by atoms with van der Waals surface area (Å²) in [4.78, 5) is 15.1. The number of ether oxygens (including phenoxy) is 1. The predicted molar refractivity (Wildman–Crippen MR) is 125 cm³/mol. The van der Waals surface area contributed by atoms with E-state index in [2.05, 4.69) is 14.7 Å². The fourth-order valence-corrected chi connectivity index (χ4v) is 9.74. The topological polar surface area (TPSA) is 97.9 Å². The summed E-state index contributed by atoms with van der Waals surface area (Å²) in [5.74, 6) is -0.253. The number of sulfonamides is 1. The molecule has 5 rings (SSSR count). The van der Waals surface area contributed by atoms with Gasteiger partial charge in [-0.05, 0) is 0 Å². The average molecular weight is 616 g/mol. The fraction of sp³-hybridized carbons (Fsp3) is 0.478. The van der Waals surface area contributed by atoms with Crippen molar-refractivity contribution >= 4 is 15.7 Å². The van der Waals surface area contributed by atoms with Gasteiger partial charge in [0.25, 0.3) is 0 Å². The van der Waals surface area contributed by atoms with Gasteiger partial charge in [-0.3, -0.25) is 0 Å². The summed E-state index contributed by atoms with van der Waals surface area (Å²) in [5, 5.41) is 4.37. The van der Waals surface area contributed by atoms with Gasteiger partial charge in [0.15, 0.2) is 0 Å². The number of benzene rings is 1. The van der Waals surface area contributed by atoms with Crippen LogP contribution in [0.4, 0.5) is 4.39 Å². The van der Waals surface area contributed by atoms with Crippen LogP contribution in [0.25, 0.3) is 5.65 Å². The van der Waals surface area contributed by atoms with Crippen molar-refractivity contribution in [3.63, 3.8) is 0 Å². The molecule has 2 aromatic heterocycles. The Balaban J connectivity index is 1.27. The number of nitrogens with zero attached hydrogens (tertiary/aromatic N) is 4. The molecular weight excluding hydrogens is 588 g/mol. The molecule has 0 spiro atoms. The molecule has 0 radical (unpaired) electrons. The van der Waals surface area contributed by atoms with Crippen molar-refractivity contribution in [1.29, 1.82) is 0 Å². The summed E-state index contributed by atoms with van der Waals surface area (Å²) >= 11 is -0.0851. The minimum atomic E-state index is -3.48. The second-order valence-corrected chi connectivity index (χ2v) is 14.0. The van der Waals surface area contributed by atoms with Gasteiger partial charge in [0, 0.05) is 0 Å². The van der Waals surface area contributed by atoms with Gasteiger partial charge in [0.1, 0.15) is 0 Å². The summed E-state index contributed by atoms with van der Waals surface area (Å²) in [6.45, 7) is 0.904. The van der Waals surface area contributed by atoms with Crippen LogP contribution in [-0.2, 0) is 27.9 Å². The summed E-state index contributed by atoms with van der Waals surface area (Å²) in [6.07, 6.45) is 4.54. The van der Waals surface area contributed by atoms with Crippen LogP contribution in [0.1, 0.15) is 18.4 Å². The van der Waals surface area contributed by atoms with E-state index in [0.717, 1.165) is 23.5 Å².